The van der Waals surface area contributed by atoms with Crippen LogP contribution < -0.4 is 0 Å². The number of nitrogens with zero attached hydrogens (tertiary/aromatic N) is 2. The highest BCUT2D eigenvalue weighted by atomic mass is 16.5. The minimum Gasteiger partial charge on any atom is -0.369 e. The Balaban J connectivity index is 1.81. The minimum absolute atomic E-state index is 0.0240. The summed E-state index contributed by atoms with van der Waals surface area (Å²) in [6, 6.07) is 10.1. The Morgan fingerprint density at radius 3 is 2.58 bits per heavy atom. The van der Waals surface area contributed by atoms with E-state index in [0.29, 0.717) is 18.8 Å². The number of morpholine rings is 1. The Morgan fingerprint density at radius 1 is 1.25 bits per heavy atom. The fraction of sp³-hybridized carbons (Fsp3) is 0.474. The zero-order valence-corrected chi connectivity index (χ0v) is 14.7. The summed E-state index contributed by atoms with van der Waals surface area (Å²) < 4.78 is 11.2. The normalized spacial score (nSPS) is 24.2. The summed E-state index contributed by atoms with van der Waals surface area (Å²) in [6.07, 6.45) is 0.216. The third kappa shape index (κ3) is 3.08. The molecule has 0 unspecified atom stereocenters. The Kier molecular flexibility index (Phi) is 4.71. The molecule has 5 heteroatoms. The van der Waals surface area contributed by atoms with Crippen molar-refractivity contribution in [3.63, 3.8) is 0 Å². The van der Waals surface area contributed by atoms with Crippen LogP contribution in [-0.2, 0) is 16.0 Å². The first-order valence-corrected chi connectivity index (χ1v) is 8.38. The van der Waals surface area contributed by atoms with Gasteiger partial charge >= 0.3 is 0 Å². The Morgan fingerprint density at radius 2 is 1.96 bits per heavy atom. The topological polar surface area (TPSA) is 55.6 Å². The highest BCUT2D eigenvalue weighted by Crippen LogP contribution is 2.31. The van der Waals surface area contributed by atoms with Gasteiger partial charge in [-0.1, -0.05) is 35.5 Å². The van der Waals surface area contributed by atoms with E-state index in [9.17, 15) is 4.79 Å². The van der Waals surface area contributed by atoms with Gasteiger partial charge in [0.1, 0.15) is 11.9 Å². The SMILES string of the molecule is Cc1noc(C)c1CC(=O)N1[C@H](C)CO[C@@H](c2ccccc2)[C@@H]1C. The van der Waals surface area contributed by atoms with Gasteiger partial charge in [-0.15, -0.1) is 0 Å². The van der Waals surface area contributed by atoms with E-state index in [1.807, 2.05) is 56.0 Å². The number of ether oxygens (including phenoxy) is 1. The van der Waals surface area contributed by atoms with E-state index in [0.717, 1.165) is 16.8 Å². The molecule has 0 N–H and O–H groups in total. The molecule has 0 bridgehead atoms. The van der Waals surface area contributed by atoms with Crippen LogP contribution in [0.15, 0.2) is 34.9 Å². The van der Waals surface area contributed by atoms with Crippen LogP contribution in [0.4, 0.5) is 0 Å². The first-order valence-electron chi connectivity index (χ1n) is 8.38. The molecule has 0 radical (unpaired) electrons. The van der Waals surface area contributed by atoms with E-state index in [2.05, 4.69) is 12.1 Å². The lowest BCUT2D eigenvalue weighted by atomic mass is 9.97. The van der Waals surface area contributed by atoms with Crippen LogP contribution in [0, 0.1) is 13.8 Å². The molecule has 1 aromatic heterocycles. The number of carbonyl (C=O) groups is 1. The average molecular weight is 328 g/mol. The molecule has 2 heterocycles. The summed E-state index contributed by atoms with van der Waals surface area (Å²) in [6.45, 7) is 8.35. The van der Waals surface area contributed by atoms with Crippen molar-refractivity contribution in [2.24, 2.45) is 0 Å². The van der Waals surface area contributed by atoms with Gasteiger partial charge in [-0.25, -0.2) is 0 Å². The first-order chi connectivity index (χ1) is 11.5. The molecule has 3 atom stereocenters. The van der Waals surface area contributed by atoms with Gasteiger partial charge in [-0.3, -0.25) is 4.79 Å². The first kappa shape index (κ1) is 16.7. The Bertz CT molecular complexity index is 691. The Labute approximate surface area is 142 Å². The van der Waals surface area contributed by atoms with Crippen molar-refractivity contribution in [2.45, 2.75) is 52.3 Å². The maximum atomic E-state index is 13.0. The van der Waals surface area contributed by atoms with Crippen molar-refractivity contribution in [1.29, 1.82) is 0 Å². The molecule has 5 nitrogen and oxygen atoms in total. The number of amides is 1. The molecule has 1 amide bonds. The zero-order valence-electron chi connectivity index (χ0n) is 14.7. The molecule has 1 aromatic carbocycles. The van der Waals surface area contributed by atoms with Gasteiger partial charge in [-0.05, 0) is 33.3 Å². The number of hydrogen-bond donors (Lipinski definition) is 0. The van der Waals surface area contributed by atoms with Gasteiger partial charge in [0, 0.05) is 5.56 Å². The van der Waals surface area contributed by atoms with E-state index in [-0.39, 0.29) is 24.1 Å². The van der Waals surface area contributed by atoms with Gasteiger partial charge in [0.05, 0.1) is 30.8 Å². The summed E-state index contributed by atoms with van der Waals surface area (Å²) in [5, 5.41) is 3.94. The van der Waals surface area contributed by atoms with Gasteiger partial charge in [0.15, 0.2) is 0 Å². The average Bonchev–Trinajstić information content (AvgIpc) is 2.88. The summed E-state index contributed by atoms with van der Waals surface area (Å²) >= 11 is 0. The Hall–Kier alpha value is -2.14. The number of aromatic nitrogens is 1. The summed E-state index contributed by atoms with van der Waals surface area (Å²) in [5.41, 5.74) is 2.78. The van der Waals surface area contributed by atoms with E-state index in [4.69, 9.17) is 9.26 Å². The molecular formula is C19H24N2O3. The zero-order chi connectivity index (χ0) is 17.3. The molecule has 128 valence electrons. The van der Waals surface area contributed by atoms with Crippen LogP contribution in [0.25, 0.3) is 0 Å². The number of aryl methyl sites for hydroxylation is 2. The molecule has 1 aliphatic rings. The van der Waals surface area contributed by atoms with Crippen molar-refractivity contribution in [2.75, 3.05) is 6.61 Å². The van der Waals surface area contributed by atoms with Crippen molar-refractivity contribution >= 4 is 5.91 Å². The maximum absolute atomic E-state index is 13.0. The number of rotatable bonds is 3. The van der Waals surface area contributed by atoms with Crippen molar-refractivity contribution < 1.29 is 14.1 Å². The lowest BCUT2D eigenvalue weighted by Crippen LogP contribution is -2.54. The van der Waals surface area contributed by atoms with Crippen LogP contribution in [0.5, 0.6) is 0 Å². The summed E-state index contributed by atoms with van der Waals surface area (Å²) in [7, 11) is 0. The quantitative estimate of drug-likeness (QED) is 0.868. The van der Waals surface area contributed by atoms with E-state index in [1.54, 1.807) is 0 Å². The smallest absolute Gasteiger partial charge is 0.227 e. The van der Waals surface area contributed by atoms with Crippen LogP contribution in [0.3, 0.4) is 0 Å². The lowest BCUT2D eigenvalue weighted by Gasteiger charge is -2.44. The maximum Gasteiger partial charge on any atom is 0.227 e. The summed E-state index contributed by atoms with van der Waals surface area (Å²) in [4.78, 5) is 14.9. The van der Waals surface area contributed by atoms with Gasteiger partial charge in [0.25, 0.3) is 0 Å². The van der Waals surface area contributed by atoms with Crippen LogP contribution in [0.1, 0.15) is 42.5 Å². The van der Waals surface area contributed by atoms with Crippen LogP contribution in [0.2, 0.25) is 0 Å². The highest BCUT2D eigenvalue weighted by molar-refractivity contribution is 5.80. The van der Waals surface area contributed by atoms with Crippen LogP contribution in [-0.4, -0.2) is 34.7 Å². The van der Waals surface area contributed by atoms with Gasteiger partial charge in [0.2, 0.25) is 5.91 Å². The lowest BCUT2D eigenvalue weighted by molar-refractivity contribution is -0.152. The summed E-state index contributed by atoms with van der Waals surface area (Å²) in [5.74, 6) is 0.808. The second kappa shape index (κ2) is 6.77. The number of carbonyl (C=O) groups excluding carboxylic acids is 1. The third-order valence-corrected chi connectivity index (χ3v) is 4.79. The van der Waals surface area contributed by atoms with Gasteiger partial charge in [-0.2, -0.15) is 0 Å². The van der Waals surface area contributed by atoms with Crippen molar-refractivity contribution in [3.05, 3.63) is 52.9 Å². The predicted octanol–water partition coefficient (Wildman–Crippen LogP) is 3.21. The fourth-order valence-corrected chi connectivity index (χ4v) is 3.50. The van der Waals surface area contributed by atoms with Crippen molar-refractivity contribution in [1.82, 2.24) is 10.1 Å². The number of hydrogen-bond acceptors (Lipinski definition) is 4. The molecule has 1 fully saturated rings. The van der Waals surface area contributed by atoms with E-state index >= 15 is 0 Å². The largest absolute Gasteiger partial charge is 0.369 e. The van der Waals surface area contributed by atoms with E-state index in [1.165, 1.54) is 0 Å². The molecular weight excluding hydrogens is 304 g/mol. The molecule has 1 saturated heterocycles. The minimum atomic E-state index is -0.101. The molecule has 24 heavy (non-hydrogen) atoms. The number of benzene rings is 1. The molecule has 1 aliphatic heterocycles. The highest BCUT2D eigenvalue weighted by Gasteiger charge is 2.37. The standard InChI is InChI=1S/C19H24N2O3/c1-12-11-23-19(16-8-6-5-7-9-16)14(3)21(12)18(22)10-17-13(2)20-24-15(17)4/h5-9,12,14,19H,10-11H2,1-4H3/t12-,14+,19-/m1/s1. The van der Waals surface area contributed by atoms with Crippen LogP contribution >= 0.6 is 0 Å². The fourth-order valence-electron chi connectivity index (χ4n) is 3.50. The molecule has 2 aromatic rings. The second-order valence-corrected chi connectivity index (χ2v) is 6.53. The third-order valence-electron chi connectivity index (χ3n) is 4.79. The predicted molar refractivity (Wildman–Crippen MR) is 90.6 cm³/mol. The second-order valence-electron chi connectivity index (χ2n) is 6.53. The molecule has 0 saturated carbocycles. The van der Waals surface area contributed by atoms with Gasteiger partial charge < -0.3 is 14.2 Å². The van der Waals surface area contributed by atoms with E-state index < -0.39 is 0 Å². The molecule has 0 aliphatic carbocycles. The van der Waals surface area contributed by atoms with Crippen molar-refractivity contribution in [3.8, 4) is 0 Å². The molecule has 0 spiro atoms. The molecule has 3 rings (SSSR count). The monoisotopic (exact) mass is 328 g/mol.